The van der Waals surface area contributed by atoms with E-state index < -0.39 is 39.5 Å². The molecule has 0 radical (unpaired) electrons. The molecular formula is C18H42O6Si4. The lowest BCUT2D eigenvalue weighted by molar-refractivity contribution is -0.138. The average Bonchev–Trinajstić information content (AvgIpc) is 2.44. The molecule has 6 nitrogen and oxygen atoms in total. The zero-order valence-electron chi connectivity index (χ0n) is 19.4. The van der Waals surface area contributed by atoms with E-state index in [0.717, 1.165) is 18.9 Å². The summed E-state index contributed by atoms with van der Waals surface area (Å²) in [7, 11) is -7.63. The van der Waals surface area contributed by atoms with Crippen molar-refractivity contribution >= 4 is 45.3 Å². The number of carbonyl (C=O) groups excluding carboxylic acids is 1. The number of unbranched alkanes of at least 4 members (excludes halogenated alkanes) is 1. The molecule has 0 bridgehead atoms. The molecule has 0 aliphatic heterocycles. The van der Waals surface area contributed by atoms with Crippen LogP contribution in [0.3, 0.4) is 0 Å². The highest BCUT2D eigenvalue weighted by atomic mass is 28.4. The molecule has 166 valence electrons. The number of carboxylic acid groups (broad SMARTS) is 1. The first kappa shape index (κ1) is 27.9. The minimum absolute atomic E-state index is 0.0326. The Balaban J connectivity index is 4.71. The van der Waals surface area contributed by atoms with Crippen molar-refractivity contribution < 1.29 is 27.4 Å². The zero-order chi connectivity index (χ0) is 22.2. The monoisotopic (exact) mass is 466 g/mol. The van der Waals surface area contributed by atoms with E-state index in [1.807, 2.05) is 0 Å². The lowest BCUT2D eigenvalue weighted by Crippen LogP contribution is -2.53. The Labute approximate surface area is 176 Å². The van der Waals surface area contributed by atoms with Gasteiger partial charge in [-0.3, -0.25) is 9.59 Å². The van der Waals surface area contributed by atoms with Crippen molar-refractivity contribution in [2.45, 2.75) is 97.1 Å². The number of ketones is 1. The summed E-state index contributed by atoms with van der Waals surface area (Å²) in [6.07, 6.45) is 2.83. The molecule has 28 heavy (non-hydrogen) atoms. The fourth-order valence-corrected chi connectivity index (χ4v) is 19.6. The molecule has 0 aliphatic rings. The Bertz CT molecular complexity index is 513. The third-order valence-corrected chi connectivity index (χ3v) is 16.0. The highest BCUT2D eigenvalue weighted by molar-refractivity contribution is 6.86. The fraction of sp³-hybridized carbons (Fsp3) is 0.889. The van der Waals surface area contributed by atoms with E-state index in [-0.39, 0.29) is 18.6 Å². The predicted molar refractivity (Wildman–Crippen MR) is 124 cm³/mol. The highest BCUT2D eigenvalue weighted by Crippen LogP contribution is 2.25. The summed E-state index contributed by atoms with van der Waals surface area (Å²) in [5.41, 5.74) is 0. The molecule has 0 amide bonds. The number of carbonyl (C=O) groups is 2. The minimum Gasteiger partial charge on any atom is -0.481 e. The Hall–Kier alpha value is -0.112. The van der Waals surface area contributed by atoms with Gasteiger partial charge in [0.05, 0.1) is 12.7 Å². The highest BCUT2D eigenvalue weighted by Gasteiger charge is 2.39. The Morgan fingerprint density at radius 2 is 1.29 bits per heavy atom. The van der Waals surface area contributed by atoms with E-state index in [0.29, 0.717) is 12.7 Å². The first-order valence-electron chi connectivity index (χ1n) is 10.2. The molecule has 0 aromatic heterocycles. The molecule has 0 saturated heterocycles. The number of aliphatic carboxylic acids is 1. The molecule has 0 aromatic carbocycles. The largest absolute Gasteiger partial charge is 0.481 e. The molecule has 1 atom stereocenters. The average molecular weight is 467 g/mol. The summed E-state index contributed by atoms with van der Waals surface area (Å²) >= 11 is 0. The van der Waals surface area contributed by atoms with Gasteiger partial charge in [-0.25, -0.2) is 0 Å². The van der Waals surface area contributed by atoms with Gasteiger partial charge in [0.2, 0.25) is 8.32 Å². The van der Waals surface area contributed by atoms with Crippen LogP contribution in [-0.4, -0.2) is 56.6 Å². The maximum Gasteiger partial charge on any atom is 0.321 e. The summed E-state index contributed by atoms with van der Waals surface area (Å²) in [5.74, 6) is -0.883. The molecular weight excluding hydrogens is 425 g/mol. The van der Waals surface area contributed by atoms with Crippen LogP contribution in [0, 0.1) is 0 Å². The molecule has 0 spiro atoms. The second-order valence-corrected chi connectivity index (χ2v) is 27.1. The molecule has 10 heteroatoms. The molecule has 0 heterocycles. The second-order valence-electron chi connectivity index (χ2n) is 10.2. The number of rotatable bonds is 15. The van der Waals surface area contributed by atoms with E-state index in [1.54, 1.807) is 0 Å². The van der Waals surface area contributed by atoms with Gasteiger partial charge in [-0.15, -0.1) is 0 Å². The van der Waals surface area contributed by atoms with Gasteiger partial charge in [0.1, 0.15) is 5.78 Å². The van der Waals surface area contributed by atoms with Crippen LogP contribution in [0.1, 0.15) is 32.1 Å². The van der Waals surface area contributed by atoms with Gasteiger partial charge < -0.3 is 17.8 Å². The number of carboxylic acids is 1. The van der Waals surface area contributed by atoms with Crippen molar-refractivity contribution in [3.05, 3.63) is 0 Å². The lowest BCUT2D eigenvalue weighted by atomic mass is 10.1. The van der Waals surface area contributed by atoms with Crippen LogP contribution >= 0.6 is 0 Å². The minimum atomic E-state index is -2.19. The van der Waals surface area contributed by atoms with Crippen LogP contribution in [0.15, 0.2) is 0 Å². The molecule has 0 fully saturated rings. The summed E-state index contributed by atoms with van der Waals surface area (Å²) in [4.78, 5) is 22.3. The summed E-state index contributed by atoms with van der Waals surface area (Å²) in [5, 5.41) is 8.67. The maximum absolute atomic E-state index is 11.8. The van der Waals surface area contributed by atoms with Crippen molar-refractivity contribution in [3.63, 3.8) is 0 Å². The van der Waals surface area contributed by atoms with E-state index in [4.69, 9.17) is 17.8 Å². The van der Waals surface area contributed by atoms with Gasteiger partial charge >= 0.3 is 14.5 Å². The van der Waals surface area contributed by atoms with Gasteiger partial charge in [-0.1, -0.05) is 6.42 Å². The van der Waals surface area contributed by atoms with Crippen molar-refractivity contribution in [3.8, 4) is 0 Å². The van der Waals surface area contributed by atoms with Crippen LogP contribution in [0.2, 0.25) is 65.0 Å². The Morgan fingerprint density at radius 3 is 1.75 bits per heavy atom. The number of Topliss-reactive ketones (excluding diaryl/α,β-unsaturated/α-hetero) is 1. The summed E-state index contributed by atoms with van der Waals surface area (Å²) in [6.45, 7) is 19.6. The molecule has 0 saturated carbocycles. The van der Waals surface area contributed by atoms with Crippen LogP contribution in [0.25, 0.3) is 0 Å². The molecule has 1 N–H and O–H groups in total. The normalized spacial score (nSPS) is 15.3. The number of hydrogen-bond donors (Lipinski definition) is 1. The van der Waals surface area contributed by atoms with E-state index in [1.165, 1.54) is 0 Å². The fourth-order valence-electron chi connectivity index (χ4n) is 3.18. The Morgan fingerprint density at radius 1 is 0.750 bits per heavy atom. The van der Waals surface area contributed by atoms with Gasteiger partial charge in [-0.2, -0.15) is 0 Å². The van der Waals surface area contributed by atoms with Crippen LogP contribution in [0.4, 0.5) is 0 Å². The van der Waals surface area contributed by atoms with Crippen molar-refractivity contribution in [2.24, 2.45) is 0 Å². The quantitative estimate of drug-likeness (QED) is 0.266. The second kappa shape index (κ2) is 11.3. The predicted octanol–water partition coefficient (Wildman–Crippen LogP) is 5.13. The van der Waals surface area contributed by atoms with Crippen molar-refractivity contribution in [1.82, 2.24) is 0 Å². The lowest BCUT2D eigenvalue weighted by Gasteiger charge is -2.38. The van der Waals surface area contributed by atoms with Crippen LogP contribution in [-0.2, 0) is 22.2 Å². The Kier molecular flexibility index (Phi) is 11.3. The zero-order valence-corrected chi connectivity index (χ0v) is 23.4. The standard InChI is InChI=1S/C18H42O6Si4/c1-25(2,3)23-27(7,8)22-16-28(9,24-26(4,5)6)15-11-10-12-17(19)13-14-18(20)21/h10-16H2,1-9H3,(H,20,21). The van der Waals surface area contributed by atoms with Gasteiger partial charge in [0.15, 0.2) is 16.6 Å². The smallest absolute Gasteiger partial charge is 0.321 e. The van der Waals surface area contributed by atoms with Crippen molar-refractivity contribution in [2.75, 3.05) is 6.23 Å². The third-order valence-electron chi connectivity index (χ3n) is 3.86. The van der Waals surface area contributed by atoms with E-state index >= 15 is 0 Å². The van der Waals surface area contributed by atoms with Crippen LogP contribution < -0.4 is 0 Å². The summed E-state index contributed by atoms with van der Waals surface area (Å²) in [6, 6.07) is 0.945. The van der Waals surface area contributed by atoms with Gasteiger partial charge in [0.25, 0.3) is 0 Å². The third kappa shape index (κ3) is 15.8. The van der Waals surface area contributed by atoms with Gasteiger partial charge in [0, 0.05) is 12.8 Å². The van der Waals surface area contributed by atoms with Gasteiger partial charge in [-0.05, 0) is 71.4 Å². The first-order chi connectivity index (χ1) is 12.4. The SMILES string of the molecule is C[Si](C)(C)O[Si](C)(CCCCC(=O)CCC(=O)O)CO[Si](C)(C)O[Si](C)(C)C. The van der Waals surface area contributed by atoms with E-state index in [2.05, 4.69) is 58.9 Å². The van der Waals surface area contributed by atoms with E-state index in [9.17, 15) is 9.59 Å². The van der Waals surface area contributed by atoms with Crippen molar-refractivity contribution in [1.29, 1.82) is 0 Å². The molecule has 0 aliphatic carbocycles. The van der Waals surface area contributed by atoms with Crippen LogP contribution in [0.5, 0.6) is 0 Å². The topological polar surface area (TPSA) is 82.1 Å². The number of hydrogen-bond acceptors (Lipinski definition) is 5. The molecule has 0 aromatic rings. The first-order valence-corrected chi connectivity index (χ1v) is 22.7. The summed E-state index contributed by atoms with van der Waals surface area (Å²) < 4.78 is 19.2. The molecule has 1 unspecified atom stereocenters. The molecule has 0 rings (SSSR count). The maximum atomic E-state index is 11.8.